The molecule has 5 rings (SSSR count). The lowest BCUT2D eigenvalue weighted by Crippen LogP contribution is -2.57. The van der Waals surface area contributed by atoms with Crippen molar-refractivity contribution in [3.8, 4) is 11.1 Å². The number of rotatable bonds is 0. The van der Waals surface area contributed by atoms with Crippen molar-refractivity contribution in [1.29, 1.82) is 0 Å². The van der Waals surface area contributed by atoms with Crippen LogP contribution in [0.5, 0.6) is 0 Å². The van der Waals surface area contributed by atoms with Crippen LogP contribution >= 0.6 is 23.5 Å². The molecule has 0 unspecified atom stereocenters. The third kappa shape index (κ3) is 2.15. The summed E-state index contributed by atoms with van der Waals surface area (Å²) >= 11 is 2.54. The van der Waals surface area contributed by atoms with Crippen molar-refractivity contribution in [3.63, 3.8) is 0 Å². The van der Waals surface area contributed by atoms with Crippen LogP contribution in [0, 0.1) is 0 Å². The number of hydrogen-bond donors (Lipinski definition) is 2. The topological polar surface area (TPSA) is 82.9 Å². The number of nitrogens with zero attached hydrogens (tertiary/aromatic N) is 2. The highest BCUT2D eigenvalue weighted by atomic mass is 32.2. The molecule has 3 aliphatic rings. The van der Waals surface area contributed by atoms with Crippen LogP contribution in [0.2, 0.25) is 0 Å². The Balaban J connectivity index is 1.57. The Hall–Kier alpha value is -2.58. The maximum atomic E-state index is 13.2. The molecule has 8 heteroatoms. The SMILES string of the molecule is O=C1CSC(SC2=NNC3(C(=O)N2)c2ccccc2-c2ccccc23)=N1. The normalized spacial score (nSPS) is 19.4. The molecular weight excluding hydrogens is 368 g/mol. The molecule has 0 atom stereocenters. The second kappa shape index (κ2) is 5.72. The van der Waals surface area contributed by atoms with Crippen LogP contribution in [0.25, 0.3) is 11.1 Å². The van der Waals surface area contributed by atoms with Crippen LogP contribution in [0.3, 0.4) is 0 Å². The first-order chi connectivity index (χ1) is 12.7. The Morgan fingerprint density at radius 2 is 1.65 bits per heavy atom. The van der Waals surface area contributed by atoms with Crippen molar-refractivity contribution in [2.24, 2.45) is 10.1 Å². The molecule has 2 heterocycles. The zero-order valence-electron chi connectivity index (χ0n) is 13.4. The first-order valence-electron chi connectivity index (χ1n) is 7.96. The minimum absolute atomic E-state index is 0.164. The molecule has 0 saturated heterocycles. The number of benzene rings is 2. The summed E-state index contributed by atoms with van der Waals surface area (Å²) in [5.74, 6) is -0.0209. The van der Waals surface area contributed by atoms with Gasteiger partial charge in [0.05, 0.1) is 5.75 Å². The van der Waals surface area contributed by atoms with Crippen LogP contribution in [0.15, 0.2) is 58.6 Å². The Kier molecular flexibility index (Phi) is 3.44. The van der Waals surface area contributed by atoms with Gasteiger partial charge in [-0.05, 0) is 22.9 Å². The fourth-order valence-corrected chi connectivity index (χ4v) is 5.15. The van der Waals surface area contributed by atoms with Crippen molar-refractivity contribution in [2.75, 3.05) is 5.75 Å². The molecule has 0 fully saturated rings. The third-order valence-corrected chi connectivity index (χ3v) is 6.54. The summed E-state index contributed by atoms with van der Waals surface area (Å²) in [6, 6.07) is 15.7. The molecule has 0 radical (unpaired) electrons. The fourth-order valence-electron chi connectivity index (χ4n) is 3.48. The van der Waals surface area contributed by atoms with E-state index < -0.39 is 5.54 Å². The van der Waals surface area contributed by atoms with Gasteiger partial charge in [0.25, 0.3) is 11.8 Å². The largest absolute Gasteiger partial charge is 0.301 e. The van der Waals surface area contributed by atoms with E-state index in [9.17, 15) is 9.59 Å². The van der Waals surface area contributed by atoms with Crippen LogP contribution < -0.4 is 10.7 Å². The number of hydrogen-bond acceptors (Lipinski definition) is 6. The Morgan fingerprint density at radius 1 is 1.00 bits per heavy atom. The molecular formula is C18H12N4O2S2. The number of hydrazone groups is 1. The minimum atomic E-state index is -1.04. The van der Waals surface area contributed by atoms with Gasteiger partial charge in [-0.2, -0.15) is 10.1 Å². The van der Waals surface area contributed by atoms with Crippen LogP contribution in [-0.2, 0) is 15.1 Å². The Morgan fingerprint density at radius 3 is 2.23 bits per heavy atom. The second-order valence-electron chi connectivity index (χ2n) is 5.99. The summed E-state index contributed by atoms with van der Waals surface area (Å²) in [6.07, 6.45) is 0. The smallest absolute Gasteiger partial charge is 0.262 e. The number of aliphatic imine (C=N–C) groups is 1. The molecule has 2 amide bonds. The number of carbonyl (C=O) groups is 2. The molecule has 0 aromatic heterocycles. The molecule has 26 heavy (non-hydrogen) atoms. The number of nitrogens with one attached hydrogen (secondary N) is 2. The molecule has 128 valence electrons. The Labute approximate surface area is 157 Å². The standard InChI is InChI=1S/C18H12N4O2S2/c23-14-9-25-17(19-14)26-16-20-15(24)18(22-21-16)12-7-3-1-5-10(12)11-6-2-4-8-13(11)18/h1-8,22H,9H2,(H,20,21,24). The van der Waals surface area contributed by atoms with Gasteiger partial charge in [0.15, 0.2) is 10.7 Å². The van der Waals surface area contributed by atoms with E-state index in [4.69, 9.17) is 0 Å². The van der Waals surface area contributed by atoms with E-state index in [2.05, 4.69) is 20.8 Å². The summed E-state index contributed by atoms with van der Waals surface area (Å²) in [4.78, 5) is 28.4. The third-order valence-electron chi connectivity index (χ3n) is 4.56. The molecule has 2 aliphatic heterocycles. The molecule has 1 spiro atoms. The van der Waals surface area contributed by atoms with Crippen molar-refractivity contribution >= 4 is 44.9 Å². The van der Waals surface area contributed by atoms with Gasteiger partial charge in [-0.15, -0.1) is 0 Å². The highest BCUT2D eigenvalue weighted by Gasteiger charge is 2.51. The van der Waals surface area contributed by atoms with E-state index in [0.29, 0.717) is 15.3 Å². The minimum Gasteiger partial charge on any atom is -0.301 e. The van der Waals surface area contributed by atoms with Crippen LogP contribution in [0.1, 0.15) is 11.1 Å². The summed E-state index contributed by atoms with van der Waals surface area (Å²) in [6.45, 7) is 0. The van der Waals surface area contributed by atoms with E-state index in [1.54, 1.807) is 0 Å². The number of fused-ring (bicyclic) bond motifs is 5. The predicted molar refractivity (Wildman–Crippen MR) is 104 cm³/mol. The molecule has 1 aliphatic carbocycles. The summed E-state index contributed by atoms with van der Waals surface area (Å²) in [5, 5.41) is 7.66. The van der Waals surface area contributed by atoms with E-state index in [1.807, 2.05) is 48.5 Å². The van der Waals surface area contributed by atoms with Gasteiger partial charge in [0, 0.05) is 11.1 Å². The maximum Gasteiger partial charge on any atom is 0.262 e. The molecule has 2 N–H and O–H groups in total. The van der Waals surface area contributed by atoms with Gasteiger partial charge in [-0.25, -0.2) is 0 Å². The first-order valence-corrected chi connectivity index (χ1v) is 9.76. The van der Waals surface area contributed by atoms with Crippen LogP contribution in [0.4, 0.5) is 0 Å². The maximum absolute atomic E-state index is 13.2. The zero-order valence-corrected chi connectivity index (χ0v) is 15.0. The summed E-state index contributed by atoms with van der Waals surface area (Å²) in [5.41, 5.74) is 5.87. The summed E-state index contributed by atoms with van der Waals surface area (Å²) in [7, 11) is 0. The average molecular weight is 380 g/mol. The molecule has 0 saturated carbocycles. The first kappa shape index (κ1) is 15.7. The van der Waals surface area contributed by atoms with Gasteiger partial charge in [-0.3, -0.25) is 15.0 Å². The summed E-state index contributed by atoms with van der Waals surface area (Å²) < 4.78 is 0.596. The Bertz CT molecular complexity index is 986. The molecule has 2 aromatic rings. The van der Waals surface area contributed by atoms with E-state index in [-0.39, 0.29) is 11.8 Å². The number of carbonyl (C=O) groups excluding carboxylic acids is 2. The number of amides is 2. The molecule has 6 nitrogen and oxygen atoms in total. The monoisotopic (exact) mass is 380 g/mol. The highest BCUT2D eigenvalue weighted by molar-refractivity contribution is 8.45. The van der Waals surface area contributed by atoms with Gasteiger partial charge < -0.3 is 5.32 Å². The highest BCUT2D eigenvalue weighted by Crippen LogP contribution is 2.48. The number of thioether (sulfide) groups is 2. The molecule has 2 aromatic carbocycles. The van der Waals surface area contributed by atoms with E-state index >= 15 is 0 Å². The van der Waals surface area contributed by atoms with Gasteiger partial charge in [0.2, 0.25) is 0 Å². The lowest BCUT2D eigenvalue weighted by molar-refractivity contribution is -0.125. The van der Waals surface area contributed by atoms with Crippen molar-refractivity contribution in [3.05, 3.63) is 59.7 Å². The zero-order chi connectivity index (χ0) is 17.7. The van der Waals surface area contributed by atoms with Gasteiger partial charge >= 0.3 is 0 Å². The van der Waals surface area contributed by atoms with Crippen LogP contribution in [-0.4, -0.2) is 27.1 Å². The van der Waals surface area contributed by atoms with Crippen molar-refractivity contribution in [2.45, 2.75) is 5.54 Å². The average Bonchev–Trinajstić information content (AvgIpc) is 3.19. The van der Waals surface area contributed by atoms with Gasteiger partial charge in [-0.1, -0.05) is 60.3 Å². The van der Waals surface area contributed by atoms with E-state index in [1.165, 1.54) is 23.5 Å². The predicted octanol–water partition coefficient (Wildman–Crippen LogP) is 2.26. The lowest BCUT2D eigenvalue weighted by Gasteiger charge is -2.33. The fraction of sp³-hybridized carbons (Fsp3) is 0.111. The molecule has 0 bridgehead atoms. The van der Waals surface area contributed by atoms with Gasteiger partial charge in [0.1, 0.15) is 4.38 Å². The second-order valence-corrected chi connectivity index (χ2v) is 8.19. The van der Waals surface area contributed by atoms with E-state index in [0.717, 1.165) is 22.3 Å². The number of amidine groups is 1. The van der Waals surface area contributed by atoms with Crippen molar-refractivity contribution < 1.29 is 9.59 Å². The lowest BCUT2D eigenvalue weighted by atomic mass is 9.87. The van der Waals surface area contributed by atoms with Crippen molar-refractivity contribution in [1.82, 2.24) is 10.7 Å². The quantitative estimate of drug-likeness (QED) is 0.733.